The second kappa shape index (κ2) is 8.20. The van der Waals surface area contributed by atoms with Gasteiger partial charge in [-0.25, -0.2) is 0 Å². The number of halogens is 2. The SMILES string of the molecule is O=C(NNC(=O)c1ccc([N+](=O)[O-])cc1)c1ccc(SC(F)F)cc1. The van der Waals surface area contributed by atoms with Gasteiger partial charge in [0, 0.05) is 28.2 Å². The molecule has 10 heteroatoms. The van der Waals surface area contributed by atoms with E-state index >= 15 is 0 Å². The van der Waals surface area contributed by atoms with Crippen molar-refractivity contribution < 1.29 is 23.3 Å². The molecule has 0 unspecified atom stereocenters. The molecule has 0 saturated carbocycles. The van der Waals surface area contributed by atoms with Crippen LogP contribution in [0.1, 0.15) is 20.7 Å². The largest absolute Gasteiger partial charge is 0.288 e. The van der Waals surface area contributed by atoms with Crippen molar-refractivity contribution in [2.45, 2.75) is 10.7 Å². The van der Waals surface area contributed by atoms with E-state index in [4.69, 9.17) is 0 Å². The molecule has 2 aromatic carbocycles. The van der Waals surface area contributed by atoms with E-state index in [1.165, 1.54) is 36.4 Å². The highest BCUT2D eigenvalue weighted by molar-refractivity contribution is 7.99. The summed E-state index contributed by atoms with van der Waals surface area (Å²) in [6.45, 7) is 0. The molecule has 0 aliphatic rings. The minimum atomic E-state index is -2.55. The monoisotopic (exact) mass is 367 g/mol. The summed E-state index contributed by atoms with van der Waals surface area (Å²) in [7, 11) is 0. The second-order valence-electron chi connectivity index (χ2n) is 4.62. The maximum atomic E-state index is 12.2. The Balaban J connectivity index is 1.92. The lowest BCUT2D eigenvalue weighted by atomic mass is 10.2. The predicted octanol–water partition coefficient (Wildman–Crippen LogP) is 2.98. The number of amides is 2. The van der Waals surface area contributed by atoms with Gasteiger partial charge < -0.3 is 0 Å². The standard InChI is InChI=1S/C15H11F2N3O4S/c16-15(17)25-12-7-3-10(4-8-12)14(22)19-18-13(21)9-1-5-11(6-2-9)20(23)24/h1-8,15H,(H,18,21)(H,19,22). The number of nitro groups is 1. The summed E-state index contributed by atoms with van der Waals surface area (Å²) in [5.74, 6) is -3.85. The lowest BCUT2D eigenvalue weighted by Crippen LogP contribution is -2.41. The highest BCUT2D eigenvalue weighted by Crippen LogP contribution is 2.25. The number of alkyl halides is 2. The lowest BCUT2D eigenvalue weighted by Gasteiger charge is -2.08. The topological polar surface area (TPSA) is 101 Å². The van der Waals surface area contributed by atoms with Crippen LogP contribution in [-0.2, 0) is 0 Å². The third kappa shape index (κ3) is 5.24. The molecule has 2 rings (SSSR count). The summed E-state index contributed by atoms with van der Waals surface area (Å²) in [6.07, 6.45) is 0. The summed E-state index contributed by atoms with van der Waals surface area (Å²) in [4.78, 5) is 34.0. The van der Waals surface area contributed by atoms with Crippen molar-refractivity contribution in [3.63, 3.8) is 0 Å². The van der Waals surface area contributed by atoms with Crippen LogP contribution in [0.2, 0.25) is 0 Å². The molecule has 7 nitrogen and oxygen atoms in total. The first-order valence-electron chi connectivity index (χ1n) is 6.77. The van der Waals surface area contributed by atoms with Crippen LogP contribution in [0.25, 0.3) is 0 Å². The van der Waals surface area contributed by atoms with Crippen molar-refractivity contribution in [3.8, 4) is 0 Å². The molecule has 0 aromatic heterocycles. The van der Waals surface area contributed by atoms with Crippen LogP contribution >= 0.6 is 11.8 Å². The average Bonchev–Trinajstić information content (AvgIpc) is 2.59. The molecule has 0 spiro atoms. The number of nitrogens with one attached hydrogen (secondary N) is 2. The number of nitrogens with zero attached hydrogens (tertiary/aromatic N) is 1. The van der Waals surface area contributed by atoms with Crippen LogP contribution in [-0.4, -0.2) is 22.5 Å². The summed E-state index contributed by atoms with van der Waals surface area (Å²) < 4.78 is 24.4. The van der Waals surface area contributed by atoms with Gasteiger partial charge in [0.05, 0.1) is 4.92 Å². The number of nitro benzene ring substituents is 1. The molecule has 25 heavy (non-hydrogen) atoms. The quantitative estimate of drug-likeness (QED) is 0.481. The Kier molecular flexibility index (Phi) is 6.01. The summed E-state index contributed by atoms with van der Waals surface area (Å²) in [6, 6.07) is 10.2. The molecule has 0 heterocycles. The molecule has 0 fully saturated rings. The fourth-order valence-corrected chi connectivity index (χ4v) is 2.28. The minimum Gasteiger partial charge on any atom is -0.267 e. The maximum Gasteiger partial charge on any atom is 0.288 e. The number of hydrazine groups is 1. The van der Waals surface area contributed by atoms with Crippen molar-refractivity contribution in [2.24, 2.45) is 0 Å². The first-order chi connectivity index (χ1) is 11.9. The Bertz CT molecular complexity index is 782. The van der Waals surface area contributed by atoms with Crippen LogP contribution in [0, 0.1) is 10.1 Å². The van der Waals surface area contributed by atoms with Gasteiger partial charge in [-0.2, -0.15) is 8.78 Å². The summed E-state index contributed by atoms with van der Waals surface area (Å²) >= 11 is 0.355. The molecule has 2 amide bonds. The normalized spacial score (nSPS) is 10.4. The second-order valence-corrected chi connectivity index (χ2v) is 5.68. The fraction of sp³-hybridized carbons (Fsp3) is 0.0667. The van der Waals surface area contributed by atoms with Gasteiger partial charge in [0.15, 0.2) is 0 Å². The number of carbonyl (C=O) groups excluding carboxylic acids is 2. The van der Waals surface area contributed by atoms with E-state index < -0.39 is 22.5 Å². The van der Waals surface area contributed by atoms with E-state index in [1.54, 1.807) is 0 Å². The third-order valence-electron chi connectivity index (χ3n) is 2.97. The number of carbonyl (C=O) groups is 2. The zero-order valence-corrected chi connectivity index (χ0v) is 13.3. The van der Waals surface area contributed by atoms with Gasteiger partial charge in [-0.05, 0) is 36.4 Å². The van der Waals surface area contributed by atoms with Crippen LogP contribution in [0.4, 0.5) is 14.5 Å². The van der Waals surface area contributed by atoms with Gasteiger partial charge in [0.2, 0.25) is 0 Å². The van der Waals surface area contributed by atoms with E-state index in [-0.39, 0.29) is 16.8 Å². The number of non-ortho nitro benzene ring substituents is 1. The average molecular weight is 367 g/mol. The molecule has 0 atom stereocenters. The first kappa shape index (κ1) is 18.3. The van der Waals surface area contributed by atoms with Gasteiger partial charge in [-0.15, -0.1) is 0 Å². The predicted molar refractivity (Wildman–Crippen MR) is 86.3 cm³/mol. The molecule has 0 radical (unpaired) electrons. The molecule has 0 saturated heterocycles. The molecule has 0 aliphatic heterocycles. The highest BCUT2D eigenvalue weighted by Gasteiger charge is 2.12. The number of hydrogen-bond acceptors (Lipinski definition) is 5. The molecule has 0 aliphatic carbocycles. The molecule has 2 N–H and O–H groups in total. The first-order valence-corrected chi connectivity index (χ1v) is 7.65. The fourth-order valence-electron chi connectivity index (χ4n) is 1.78. The van der Waals surface area contributed by atoms with Crippen molar-refractivity contribution in [3.05, 3.63) is 69.8 Å². The van der Waals surface area contributed by atoms with Crippen LogP contribution < -0.4 is 10.9 Å². The third-order valence-corrected chi connectivity index (χ3v) is 3.69. The minimum absolute atomic E-state index is 0.120. The zero-order chi connectivity index (χ0) is 18.4. The molecule has 0 bridgehead atoms. The molecule has 2 aromatic rings. The van der Waals surface area contributed by atoms with Crippen molar-refractivity contribution in [1.82, 2.24) is 10.9 Å². The van der Waals surface area contributed by atoms with Crippen molar-refractivity contribution in [2.75, 3.05) is 0 Å². The zero-order valence-electron chi connectivity index (χ0n) is 12.4. The Morgan fingerprint density at radius 3 is 1.76 bits per heavy atom. The van der Waals surface area contributed by atoms with Crippen LogP contribution in [0.5, 0.6) is 0 Å². The molecule has 130 valence electrons. The van der Waals surface area contributed by atoms with Gasteiger partial charge in [-0.3, -0.25) is 30.6 Å². The summed E-state index contributed by atoms with van der Waals surface area (Å²) in [5.41, 5.74) is 4.45. The van der Waals surface area contributed by atoms with Crippen molar-refractivity contribution in [1.29, 1.82) is 0 Å². The van der Waals surface area contributed by atoms with E-state index in [9.17, 15) is 28.5 Å². The lowest BCUT2D eigenvalue weighted by molar-refractivity contribution is -0.384. The molecular weight excluding hydrogens is 356 g/mol. The number of rotatable bonds is 5. The van der Waals surface area contributed by atoms with E-state index in [1.807, 2.05) is 0 Å². The molecular formula is C15H11F2N3O4S. The Labute approximate surface area is 144 Å². The van der Waals surface area contributed by atoms with Crippen LogP contribution in [0.3, 0.4) is 0 Å². The summed E-state index contributed by atoms with van der Waals surface area (Å²) in [5, 5.41) is 10.5. The van der Waals surface area contributed by atoms with Gasteiger partial charge in [-0.1, -0.05) is 11.8 Å². The van der Waals surface area contributed by atoms with Crippen molar-refractivity contribution >= 4 is 29.3 Å². The van der Waals surface area contributed by atoms with Crippen LogP contribution in [0.15, 0.2) is 53.4 Å². The van der Waals surface area contributed by atoms with E-state index in [2.05, 4.69) is 10.9 Å². The number of hydrogen-bond donors (Lipinski definition) is 2. The smallest absolute Gasteiger partial charge is 0.267 e. The maximum absolute atomic E-state index is 12.2. The number of thioether (sulfide) groups is 1. The highest BCUT2D eigenvalue weighted by atomic mass is 32.2. The Hall–Kier alpha value is -3.01. The van der Waals surface area contributed by atoms with E-state index in [0.29, 0.717) is 16.7 Å². The number of benzene rings is 2. The Morgan fingerprint density at radius 1 is 0.920 bits per heavy atom. The van der Waals surface area contributed by atoms with E-state index in [0.717, 1.165) is 12.1 Å². The van der Waals surface area contributed by atoms with Gasteiger partial charge >= 0.3 is 0 Å². The van der Waals surface area contributed by atoms with Gasteiger partial charge in [0.1, 0.15) is 0 Å². The van der Waals surface area contributed by atoms with Gasteiger partial charge in [0.25, 0.3) is 23.3 Å². The Morgan fingerprint density at radius 2 is 1.36 bits per heavy atom.